The molecule has 186 valence electrons. The lowest BCUT2D eigenvalue weighted by Gasteiger charge is -2.15. The number of nitrogens with one attached hydrogen (secondary N) is 1. The summed E-state index contributed by atoms with van der Waals surface area (Å²) in [6.45, 7) is 2.71. The molecule has 0 bridgehead atoms. The van der Waals surface area contributed by atoms with E-state index in [0.29, 0.717) is 41.7 Å². The quantitative estimate of drug-likeness (QED) is 0.127. The Labute approximate surface area is 229 Å². The predicted molar refractivity (Wildman–Crippen MR) is 154 cm³/mol. The van der Waals surface area contributed by atoms with Gasteiger partial charge in [-0.25, -0.2) is 0 Å². The van der Waals surface area contributed by atoms with Crippen LogP contribution in [0.3, 0.4) is 0 Å². The Hall–Kier alpha value is -4.03. The van der Waals surface area contributed by atoms with Crippen molar-refractivity contribution in [3.63, 3.8) is 0 Å². The molecule has 1 N–H and O–H groups in total. The molecule has 6 nitrogen and oxygen atoms in total. The average Bonchev–Trinajstić information content (AvgIpc) is 2.91. The number of rotatable bonds is 9. The Bertz CT molecular complexity index is 1510. The molecular weight excluding hydrogens is 579 g/mol. The molecular formula is C30H25IN2O4. The van der Waals surface area contributed by atoms with Gasteiger partial charge in [0.15, 0.2) is 11.5 Å². The van der Waals surface area contributed by atoms with Crippen molar-refractivity contribution in [2.75, 3.05) is 19.0 Å². The lowest BCUT2D eigenvalue weighted by atomic mass is 10.1. The van der Waals surface area contributed by atoms with E-state index in [1.54, 1.807) is 30.3 Å². The number of hydrogen-bond acceptors (Lipinski definition) is 5. The largest absolute Gasteiger partial charge is 0.495 e. The molecule has 0 saturated carbocycles. The van der Waals surface area contributed by atoms with Crippen LogP contribution in [0.25, 0.3) is 16.8 Å². The molecule has 0 atom stereocenters. The fourth-order valence-electron chi connectivity index (χ4n) is 3.81. The predicted octanol–water partition coefficient (Wildman–Crippen LogP) is 6.98. The lowest BCUT2D eigenvalue weighted by Crippen LogP contribution is -2.14. The molecule has 7 heteroatoms. The average molecular weight is 604 g/mol. The maximum atomic E-state index is 12.8. The molecule has 0 aromatic heterocycles. The van der Waals surface area contributed by atoms with E-state index < -0.39 is 5.91 Å². The lowest BCUT2D eigenvalue weighted by molar-refractivity contribution is -0.112. The molecule has 4 rings (SSSR count). The van der Waals surface area contributed by atoms with E-state index in [1.165, 1.54) is 18.6 Å². The van der Waals surface area contributed by atoms with E-state index in [-0.39, 0.29) is 5.57 Å². The minimum Gasteiger partial charge on any atom is -0.495 e. The molecule has 37 heavy (non-hydrogen) atoms. The summed E-state index contributed by atoms with van der Waals surface area (Å²) in [5.74, 6) is 1.14. The van der Waals surface area contributed by atoms with Gasteiger partial charge in [0.05, 0.1) is 23.0 Å². The molecule has 1 amide bonds. The number of carbonyl (C=O) groups excluding carboxylic acids is 1. The van der Waals surface area contributed by atoms with E-state index in [0.717, 1.165) is 14.5 Å². The highest BCUT2D eigenvalue weighted by Crippen LogP contribution is 2.36. The molecule has 0 radical (unpaired) electrons. The van der Waals surface area contributed by atoms with Crippen LogP contribution in [0.2, 0.25) is 0 Å². The molecule has 0 aliphatic carbocycles. The van der Waals surface area contributed by atoms with Crippen LogP contribution in [0.15, 0.2) is 84.4 Å². The first-order valence-electron chi connectivity index (χ1n) is 11.7. The van der Waals surface area contributed by atoms with Gasteiger partial charge in [-0.3, -0.25) is 4.79 Å². The van der Waals surface area contributed by atoms with Crippen LogP contribution in [0, 0.1) is 14.9 Å². The second-order valence-electron chi connectivity index (χ2n) is 8.06. The summed E-state index contributed by atoms with van der Waals surface area (Å²) in [6.07, 6.45) is 1.53. The van der Waals surface area contributed by atoms with E-state index in [2.05, 4.69) is 52.2 Å². The Kier molecular flexibility index (Phi) is 8.64. The number of para-hydroxylation sites is 2. The third kappa shape index (κ3) is 6.40. The first-order chi connectivity index (χ1) is 18.0. The van der Waals surface area contributed by atoms with Gasteiger partial charge < -0.3 is 19.5 Å². The van der Waals surface area contributed by atoms with Crippen LogP contribution in [-0.2, 0) is 11.4 Å². The topological polar surface area (TPSA) is 80.6 Å². The molecule has 0 saturated heterocycles. The Morgan fingerprint density at radius 3 is 2.49 bits per heavy atom. The summed E-state index contributed by atoms with van der Waals surface area (Å²) in [7, 11) is 1.52. The van der Waals surface area contributed by atoms with Crippen LogP contribution in [0.1, 0.15) is 18.1 Å². The number of benzene rings is 4. The molecule has 0 aliphatic rings. The zero-order valence-corrected chi connectivity index (χ0v) is 22.6. The number of methoxy groups -OCH3 is 1. The minimum atomic E-state index is -0.531. The molecule has 4 aromatic carbocycles. The summed E-state index contributed by atoms with van der Waals surface area (Å²) >= 11 is 2.18. The first kappa shape index (κ1) is 26.0. The van der Waals surface area contributed by atoms with Gasteiger partial charge in [0.2, 0.25) is 0 Å². The zero-order valence-electron chi connectivity index (χ0n) is 20.5. The maximum Gasteiger partial charge on any atom is 0.266 e. The highest BCUT2D eigenvalue weighted by atomic mass is 127. The normalized spacial score (nSPS) is 11.0. The van der Waals surface area contributed by atoms with Crippen LogP contribution < -0.4 is 19.5 Å². The van der Waals surface area contributed by atoms with Crippen molar-refractivity contribution in [2.45, 2.75) is 13.5 Å². The van der Waals surface area contributed by atoms with Crippen molar-refractivity contribution >= 4 is 51.0 Å². The Morgan fingerprint density at radius 2 is 1.73 bits per heavy atom. The number of fused-ring (bicyclic) bond motifs is 1. The van der Waals surface area contributed by atoms with Crippen LogP contribution >= 0.6 is 22.6 Å². The highest BCUT2D eigenvalue weighted by molar-refractivity contribution is 14.1. The van der Waals surface area contributed by atoms with Gasteiger partial charge in [-0.1, -0.05) is 48.5 Å². The second-order valence-corrected chi connectivity index (χ2v) is 9.22. The maximum absolute atomic E-state index is 12.8. The van der Waals surface area contributed by atoms with E-state index in [4.69, 9.17) is 14.2 Å². The van der Waals surface area contributed by atoms with E-state index in [9.17, 15) is 10.1 Å². The minimum absolute atomic E-state index is 0.0472. The van der Waals surface area contributed by atoms with E-state index in [1.807, 2.05) is 37.3 Å². The van der Waals surface area contributed by atoms with Crippen LogP contribution in [0.5, 0.6) is 17.2 Å². The number of halogens is 1. The van der Waals surface area contributed by atoms with Crippen LogP contribution in [-0.4, -0.2) is 19.6 Å². The standard InChI is InChI=1S/C30H25IN2O4/c1-3-36-28-17-21(15-24(18-32)30(34)33-26-10-6-7-11-27(26)35-2)16-25(31)29(28)37-19-20-12-13-22-8-4-5-9-23(22)14-20/h4-17H,3,19H2,1-2H3,(H,33,34)/b24-15-. The summed E-state index contributed by atoms with van der Waals surface area (Å²) < 4.78 is 18.1. The molecule has 0 aliphatic heterocycles. The number of amides is 1. The molecule has 0 unspecified atom stereocenters. The van der Waals surface area contributed by atoms with Gasteiger partial charge in [0.1, 0.15) is 24.0 Å². The smallest absolute Gasteiger partial charge is 0.266 e. The monoisotopic (exact) mass is 604 g/mol. The number of carbonyl (C=O) groups is 1. The van der Waals surface area contributed by atoms with Gasteiger partial charge in [-0.15, -0.1) is 0 Å². The summed E-state index contributed by atoms with van der Waals surface area (Å²) in [5.41, 5.74) is 2.13. The van der Waals surface area contributed by atoms with Crippen molar-refractivity contribution in [1.82, 2.24) is 0 Å². The van der Waals surface area contributed by atoms with Gasteiger partial charge in [-0.2, -0.15) is 5.26 Å². The Morgan fingerprint density at radius 1 is 0.973 bits per heavy atom. The summed E-state index contributed by atoms with van der Waals surface area (Å²) in [6, 6.07) is 27.1. The van der Waals surface area contributed by atoms with Crippen LogP contribution in [0.4, 0.5) is 5.69 Å². The number of ether oxygens (including phenoxy) is 3. The van der Waals surface area contributed by atoms with Crippen molar-refractivity contribution in [1.29, 1.82) is 5.26 Å². The molecule has 0 spiro atoms. The fourth-order valence-corrected chi connectivity index (χ4v) is 4.59. The molecule has 4 aromatic rings. The molecule has 0 fully saturated rings. The third-order valence-electron chi connectivity index (χ3n) is 5.56. The van der Waals surface area contributed by atoms with Crippen molar-refractivity contribution in [3.05, 3.63) is 99.1 Å². The summed E-state index contributed by atoms with van der Waals surface area (Å²) in [5, 5.41) is 14.7. The first-order valence-corrected chi connectivity index (χ1v) is 12.7. The van der Waals surface area contributed by atoms with Gasteiger partial charge in [0.25, 0.3) is 5.91 Å². The number of nitrogens with zero attached hydrogens (tertiary/aromatic N) is 1. The fraction of sp³-hybridized carbons (Fsp3) is 0.133. The Balaban J connectivity index is 1.57. The van der Waals surface area contributed by atoms with Gasteiger partial charge >= 0.3 is 0 Å². The number of hydrogen-bond donors (Lipinski definition) is 1. The van der Waals surface area contributed by atoms with Crippen molar-refractivity contribution in [3.8, 4) is 23.3 Å². The number of nitriles is 1. The van der Waals surface area contributed by atoms with Gasteiger partial charge in [-0.05, 0) is 87.8 Å². The second kappa shape index (κ2) is 12.3. The van der Waals surface area contributed by atoms with Crippen molar-refractivity contribution in [2.24, 2.45) is 0 Å². The van der Waals surface area contributed by atoms with Crippen molar-refractivity contribution < 1.29 is 19.0 Å². The zero-order chi connectivity index (χ0) is 26.2. The summed E-state index contributed by atoms with van der Waals surface area (Å²) in [4.78, 5) is 12.8. The third-order valence-corrected chi connectivity index (χ3v) is 6.36. The SMILES string of the molecule is CCOc1cc(/C=C(/C#N)C(=O)Nc2ccccc2OC)cc(I)c1OCc1ccc2ccccc2c1. The molecule has 0 heterocycles. The van der Waals surface area contributed by atoms with E-state index >= 15 is 0 Å². The number of anilines is 1. The van der Waals surface area contributed by atoms with Gasteiger partial charge in [0, 0.05) is 0 Å². The highest BCUT2D eigenvalue weighted by Gasteiger charge is 2.16.